The Morgan fingerprint density at radius 2 is 1.70 bits per heavy atom. The molecule has 0 spiro atoms. The maximum Gasteiger partial charge on any atom is 0.242 e. The highest BCUT2D eigenvalue weighted by Crippen LogP contribution is 2.35. The second kappa shape index (κ2) is 8.41. The lowest BCUT2D eigenvalue weighted by Crippen LogP contribution is -2.45. The third kappa shape index (κ3) is 4.50. The minimum atomic E-state index is -3.71. The van der Waals surface area contributed by atoms with Gasteiger partial charge in [0.05, 0.1) is 14.2 Å². The van der Waals surface area contributed by atoms with E-state index in [0.29, 0.717) is 47.9 Å². The number of piperidine rings is 1. The van der Waals surface area contributed by atoms with Gasteiger partial charge in [-0.3, -0.25) is 0 Å². The molecule has 0 atom stereocenters. The molecule has 27 heavy (non-hydrogen) atoms. The Morgan fingerprint density at radius 1 is 1.11 bits per heavy atom. The molecule has 0 unspecified atom stereocenters. The summed E-state index contributed by atoms with van der Waals surface area (Å²) in [6.07, 6.45) is 4.74. The van der Waals surface area contributed by atoms with Gasteiger partial charge in [-0.05, 0) is 40.9 Å². The van der Waals surface area contributed by atoms with Crippen LogP contribution in [-0.4, -0.2) is 51.7 Å². The van der Waals surface area contributed by atoms with Gasteiger partial charge >= 0.3 is 0 Å². The molecule has 1 aliphatic heterocycles. The van der Waals surface area contributed by atoms with Crippen molar-refractivity contribution in [3.8, 4) is 11.5 Å². The van der Waals surface area contributed by atoms with Crippen molar-refractivity contribution in [2.45, 2.75) is 23.8 Å². The summed E-state index contributed by atoms with van der Waals surface area (Å²) >= 11 is 3.31. The lowest BCUT2D eigenvalue weighted by atomic mass is 10.1. The van der Waals surface area contributed by atoms with Gasteiger partial charge in [0.1, 0.15) is 4.90 Å². The normalized spacial score (nSPS) is 15.6. The summed E-state index contributed by atoms with van der Waals surface area (Å²) < 4.78 is 39.4. The highest BCUT2D eigenvalue weighted by atomic mass is 79.9. The molecule has 1 aromatic carbocycles. The number of hydrogen-bond donors (Lipinski definition) is 1. The van der Waals surface area contributed by atoms with E-state index in [9.17, 15) is 8.42 Å². The summed E-state index contributed by atoms with van der Waals surface area (Å²) in [4.78, 5) is 10.7. The van der Waals surface area contributed by atoms with Crippen LogP contribution in [-0.2, 0) is 10.0 Å². The van der Waals surface area contributed by atoms with E-state index >= 15 is 0 Å². The zero-order valence-corrected chi connectivity index (χ0v) is 17.5. The number of methoxy groups -OCH3 is 2. The molecule has 0 amide bonds. The second-order valence-electron chi connectivity index (χ2n) is 6.07. The van der Waals surface area contributed by atoms with Crippen LogP contribution in [0.1, 0.15) is 12.8 Å². The molecule has 10 heteroatoms. The number of hydrogen-bond acceptors (Lipinski definition) is 7. The van der Waals surface area contributed by atoms with Gasteiger partial charge in [-0.1, -0.05) is 0 Å². The van der Waals surface area contributed by atoms with Crippen LogP contribution in [0, 0.1) is 0 Å². The molecule has 1 fully saturated rings. The van der Waals surface area contributed by atoms with Gasteiger partial charge < -0.3 is 14.4 Å². The molecule has 3 rings (SSSR count). The van der Waals surface area contributed by atoms with Crippen LogP contribution in [0.2, 0.25) is 0 Å². The number of nitrogens with one attached hydrogen (secondary N) is 1. The van der Waals surface area contributed by atoms with E-state index in [-0.39, 0.29) is 10.9 Å². The third-order valence-electron chi connectivity index (χ3n) is 4.38. The van der Waals surface area contributed by atoms with Crippen molar-refractivity contribution in [3.05, 3.63) is 35.1 Å². The predicted octanol–water partition coefficient (Wildman–Crippen LogP) is 2.20. The average Bonchev–Trinajstić information content (AvgIpc) is 2.68. The van der Waals surface area contributed by atoms with E-state index in [1.807, 2.05) is 0 Å². The number of halogens is 1. The minimum absolute atomic E-state index is 0.119. The Balaban J connectivity index is 1.71. The number of benzene rings is 1. The van der Waals surface area contributed by atoms with E-state index in [4.69, 9.17) is 9.47 Å². The van der Waals surface area contributed by atoms with Crippen molar-refractivity contribution in [1.82, 2.24) is 14.7 Å². The van der Waals surface area contributed by atoms with Gasteiger partial charge in [-0.15, -0.1) is 0 Å². The number of ether oxygens (including phenoxy) is 2. The molecule has 1 aromatic heterocycles. The van der Waals surface area contributed by atoms with Crippen LogP contribution < -0.4 is 19.1 Å². The quantitative estimate of drug-likeness (QED) is 0.711. The maximum atomic E-state index is 12.9. The van der Waals surface area contributed by atoms with Crippen molar-refractivity contribution in [2.24, 2.45) is 0 Å². The number of sulfonamides is 1. The van der Waals surface area contributed by atoms with E-state index in [1.165, 1.54) is 20.3 Å². The van der Waals surface area contributed by atoms with E-state index in [1.54, 1.807) is 24.5 Å². The van der Waals surface area contributed by atoms with E-state index in [2.05, 4.69) is 35.5 Å². The van der Waals surface area contributed by atoms with Crippen LogP contribution in [0.5, 0.6) is 11.5 Å². The molecule has 1 N–H and O–H groups in total. The Morgan fingerprint density at radius 3 is 2.30 bits per heavy atom. The monoisotopic (exact) mass is 456 g/mol. The van der Waals surface area contributed by atoms with Crippen molar-refractivity contribution in [1.29, 1.82) is 0 Å². The number of aromatic nitrogens is 2. The van der Waals surface area contributed by atoms with Gasteiger partial charge in [-0.2, -0.15) is 0 Å². The van der Waals surface area contributed by atoms with Gasteiger partial charge in [0.2, 0.25) is 16.0 Å². The van der Waals surface area contributed by atoms with Crippen LogP contribution in [0.4, 0.5) is 5.95 Å². The second-order valence-corrected chi connectivity index (χ2v) is 8.61. The summed E-state index contributed by atoms with van der Waals surface area (Å²) in [5.41, 5.74) is 0. The van der Waals surface area contributed by atoms with Gasteiger partial charge in [0.25, 0.3) is 0 Å². The average molecular weight is 457 g/mol. The van der Waals surface area contributed by atoms with Crippen molar-refractivity contribution in [3.63, 3.8) is 0 Å². The fourth-order valence-electron chi connectivity index (χ4n) is 2.98. The summed E-state index contributed by atoms with van der Waals surface area (Å²) in [5, 5.41) is 0. The molecular formula is C17H21BrN4O4S. The van der Waals surface area contributed by atoms with Crippen LogP contribution in [0.15, 0.2) is 40.0 Å². The Kier molecular flexibility index (Phi) is 6.18. The molecule has 0 aliphatic carbocycles. The van der Waals surface area contributed by atoms with Crippen LogP contribution in [0.3, 0.4) is 0 Å². The first-order chi connectivity index (χ1) is 12.9. The Labute approximate surface area is 167 Å². The minimum Gasteiger partial charge on any atom is -0.493 e. The maximum absolute atomic E-state index is 12.9. The molecule has 0 radical (unpaired) electrons. The zero-order valence-electron chi connectivity index (χ0n) is 15.1. The first-order valence-electron chi connectivity index (χ1n) is 8.40. The van der Waals surface area contributed by atoms with Crippen molar-refractivity contribution < 1.29 is 17.9 Å². The Hall–Kier alpha value is -1.91. The lowest BCUT2D eigenvalue weighted by Gasteiger charge is -2.32. The lowest BCUT2D eigenvalue weighted by molar-refractivity contribution is 0.353. The van der Waals surface area contributed by atoms with Crippen molar-refractivity contribution >= 4 is 31.9 Å². The highest BCUT2D eigenvalue weighted by molar-refractivity contribution is 9.10. The number of rotatable bonds is 6. The molecule has 0 bridgehead atoms. The smallest absolute Gasteiger partial charge is 0.242 e. The summed E-state index contributed by atoms with van der Waals surface area (Å²) in [6, 6.07) is 4.65. The Bertz CT molecular complexity index is 887. The topological polar surface area (TPSA) is 93.7 Å². The standard InChI is InChI=1S/C17H21BrN4O4S/c1-25-14-10-13(18)16(11-15(14)26-2)27(23,24)21-12-4-8-22(9-5-12)17-19-6-3-7-20-17/h3,6-7,10-12,21H,4-5,8-9H2,1-2H3. The van der Waals surface area contributed by atoms with Gasteiger partial charge in [0.15, 0.2) is 11.5 Å². The van der Waals surface area contributed by atoms with Gasteiger partial charge in [0, 0.05) is 42.1 Å². The summed E-state index contributed by atoms with van der Waals surface area (Å²) in [6.45, 7) is 1.37. The predicted molar refractivity (Wildman–Crippen MR) is 105 cm³/mol. The first-order valence-corrected chi connectivity index (χ1v) is 10.7. The van der Waals surface area contributed by atoms with E-state index < -0.39 is 10.0 Å². The molecule has 2 aromatic rings. The third-order valence-corrected chi connectivity index (χ3v) is 6.86. The highest BCUT2D eigenvalue weighted by Gasteiger charge is 2.27. The summed E-state index contributed by atoms with van der Waals surface area (Å²) in [7, 11) is -0.742. The van der Waals surface area contributed by atoms with Gasteiger partial charge in [-0.25, -0.2) is 23.1 Å². The molecule has 1 saturated heterocycles. The van der Waals surface area contributed by atoms with E-state index in [0.717, 1.165) is 0 Å². The van der Waals surface area contributed by atoms with Crippen LogP contribution in [0.25, 0.3) is 0 Å². The molecule has 146 valence electrons. The molecule has 8 nitrogen and oxygen atoms in total. The number of nitrogens with zero attached hydrogens (tertiary/aromatic N) is 3. The zero-order chi connectivity index (χ0) is 19.4. The largest absolute Gasteiger partial charge is 0.493 e. The van der Waals surface area contributed by atoms with Crippen LogP contribution >= 0.6 is 15.9 Å². The molecule has 0 saturated carbocycles. The molecule has 2 heterocycles. The fraction of sp³-hybridized carbons (Fsp3) is 0.412. The SMILES string of the molecule is COc1cc(Br)c(S(=O)(=O)NC2CCN(c3ncccn3)CC2)cc1OC. The summed E-state index contributed by atoms with van der Waals surface area (Å²) in [5.74, 6) is 1.48. The molecular weight excluding hydrogens is 436 g/mol. The fourth-order valence-corrected chi connectivity index (χ4v) is 5.32. The first kappa shape index (κ1) is 19.8. The van der Waals surface area contributed by atoms with Crippen molar-refractivity contribution in [2.75, 3.05) is 32.2 Å². The molecule has 1 aliphatic rings. The number of anilines is 1.